The lowest BCUT2D eigenvalue weighted by molar-refractivity contribution is -0.113. The quantitative estimate of drug-likeness (QED) is 0.405. The lowest BCUT2D eigenvalue weighted by atomic mass is 10.2. The van der Waals surface area contributed by atoms with Gasteiger partial charge in [0.05, 0.1) is 11.4 Å². The predicted octanol–water partition coefficient (Wildman–Crippen LogP) is 1.21. The Morgan fingerprint density at radius 3 is 1.73 bits per heavy atom. The summed E-state index contributed by atoms with van der Waals surface area (Å²) < 4.78 is 65.0. The molecule has 0 saturated carbocycles. The normalized spacial score (nSPS) is 11.5. The van der Waals surface area contributed by atoms with Crippen LogP contribution in [-0.4, -0.2) is 37.8 Å². The highest BCUT2D eigenvalue weighted by atomic mass is 32.2. The Hall–Kier alpha value is -2.54. The molecular formula is C14H16N2O8S2. The molecule has 0 aliphatic heterocycles. The molecule has 1 aromatic carbocycles. The second-order valence-corrected chi connectivity index (χ2v) is 7.98. The molecule has 2 amide bonds. The van der Waals surface area contributed by atoms with E-state index < -0.39 is 47.5 Å². The average Bonchev–Trinajstić information content (AvgIpc) is 2.45. The minimum absolute atomic E-state index is 0.0226. The second-order valence-electron chi connectivity index (χ2n) is 5.23. The number of benzene rings is 1. The smallest absolute Gasteiger partial charge is 0.298 e. The van der Waals surface area contributed by atoms with Crippen LogP contribution in [0.4, 0.5) is 11.4 Å². The van der Waals surface area contributed by atoms with Gasteiger partial charge in [-0.2, -0.15) is 16.8 Å². The minimum Gasteiger partial charge on any atom is -0.320 e. The first-order chi connectivity index (χ1) is 11.7. The number of rotatable bonds is 6. The molecule has 0 atom stereocenters. The lowest BCUT2D eigenvalue weighted by Gasteiger charge is -2.17. The third-order valence-electron chi connectivity index (χ3n) is 2.92. The van der Waals surface area contributed by atoms with E-state index in [1.807, 2.05) is 5.32 Å². The van der Waals surface area contributed by atoms with Crippen LogP contribution in [0.3, 0.4) is 0 Å². The third-order valence-corrected chi connectivity index (χ3v) is 4.88. The number of hydrogen-bond acceptors (Lipinski definition) is 6. The first-order valence-corrected chi connectivity index (χ1v) is 9.60. The van der Waals surface area contributed by atoms with E-state index in [1.165, 1.54) is 13.8 Å². The van der Waals surface area contributed by atoms with E-state index in [-0.39, 0.29) is 16.8 Å². The lowest BCUT2D eigenvalue weighted by Crippen LogP contribution is -2.21. The number of anilines is 2. The molecule has 0 aliphatic rings. The minimum atomic E-state index is -5.25. The van der Waals surface area contributed by atoms with Gasteiger partial charge in [0, 0.05) is 11.1 Å². The van der Waals surface area contributed by atoms with Gasteiger partial charge in [-0.15, -0.1) is 0 Å². The van der Waals surface area contributed by atoms with Gasteiger partial charge in [-0.25, -0.2) is 0 Å². The molecule has 0 saturated heterocycles. The molecule has 0 heterocycles. The molecule has 1 aromatic rings. The van der Waals surface area contributed by atoms with E-state index in [0.717, 1.165) is 6.07 Å². The van der Waals surface area contributed by atoms with E-state index in [9.17, 15) is 35.5 Å². The van der Waals surface area contributed by atoms with Gasteiger partial charge in [-0.1, -0.05) is 13.2 Å². The highest BCUT2D eigenvalue weighted by molar-refractivity contribution is 7.89. The van der Waals surface area contributed by atoms with Crippen LogP contribution in [0.1, 0.15) is 13.8 Å². The summed E-state index contributed by atoms with van der Waals surface area (Å²) in [7, 11) is -10.4. The zero-order valence-corrected chi connectivity index (χ0v) is 15.4. The summed E-state index contributed by atoms with van der Waals surface area (Å²) >= 11 is 0. The van der Waals surface area contributed by atoms with E-state index in [2.05, 4.69) is 18.5 Å². The monoisotopic (exact) mass is 404 g/mol. The topological polar surface area (TPSA) is 167 Å². The Morgan fingerprint density at radius 2 is 1.35 bits per heavy atom. The molecule has 0 bridgehead atoms. The Balaban J connectivity index is 3.89. The first-order valence-electron chi connectivity index (χ1n) is 6.72. The van der Waals surface area contributed by atoms with Crippen molar-refractivity contribution in [3.63, 3.8) is 0 Å². The van der Waals surface area contributed by atoms with Gasteiger partial charge in [-0.3, -0.25) is 18.7 Å². The van der Waals surface area contributed by atoms with Crippen LogP contribution < -0.4 is 10.6 Å². The summed E-state index contributed by atoms with van der Waals surface area (Å²) in [5, 5.41) is 4.25. The van der Waals surface area contributed by atoms with Gasteiger partial charge in [0.2, 0.25) is 0 Å². The summed E-state index contributed by atoms with van der Waals surface area (Å²) in [5.41, 5.74) is -1.17. The molecule has 10 nitrogen and oxygen atoms in total. The summed E-state index contributed by atoms with van der Waals surface area (Å²) in [6, 6.07) is 1.57. The molecule has 26 heavy (non-hydrogen) atoms. The predicted molar refractivity (Wildman–Crippen MR) is 93.0 cm³/mol. The fraction of sp³-hybridized carbons (Fsp3) is 0.143. The Bertz CT molecular complexity index is 1020. The Morgan fingerprint density at radius 1 is 0.885 bits per heavy atom. The van der Waals surface area contributed by atoms with E-state index >= 15 is 0 Å². The van der Waals surface area contributed by atoms with E-state index in [4.69, 9.17) is 0 Å². The van der Waals surface area contributed by atoms with Crippen LogP contribution in [-0.2, 0) is 29.8 Å². The zero-order chi connectivity index (χ0) is 20.4. The molecular weight excluding hydrogens is 388 g/mol. The van der Waals surface area contributed by atoms with Crippen LogP contribution in [0, 0.1) is 0 Å². The van der Waals surface area contributed by atoms with E-state index in [1.54, 1.807) is 0 Å². The number of carbonyl (C=O) groups excluding carboxylic acids is 2. The van der Waals surface area contributed by atoms with Gasteiger partial charge in [0.15, 0.2) is 0 Å². The molecule has 4 N–H and O–H groups in total. The van der Waals surface area contributed by atoms with Gasteiger partial charge >= 0.3 is 0 Å². The number of nitrogens with one attached hydrogen (secondary N) is 2. The molecule has 0 fully saturated rings. The fourth-order valence-corrected chi connectivity index (χ4v) is 3.65. The van der Waals surface area contributed by atoms with Crippen molar-refractivity contribution < 1.29 is 35.5 Å². The fourth-order valence-electron chi connectivity index (χ4n) is 1.70. The summed E-state index contributed by atoms with van der Waals surface area (Å²) in [5.74, 6) is -1.69. The van der Waals surface area contributed by atoms with Crippen LogP contribution >= 0.6 is 0 Å². The molecule has 0 aliphatic carbocycles. The Labute approximate surface area is 150 Å². The van der Waals surface area contributed by atoms with Crippen molar-refractivity contribution in [2.45, 2.75) is 23.6 Å². The summed E-state index contributed by atoms with van der Waals surface area (Å²) in [6.07, 6.45) is 0. The Kier molecular flexibility index (Phi) is 6.10. The third kappa shape index (κ3) is 4.98. The molecule has 12 heteroatoms. The van der Waals surface area contributed by atoms with Crippen LogP contribution in [0.5, 0.6) is 0 Å². The molecule has 0 unspecified atom stereocenters. The maximum absolute atomic E-state index is 11.9. The highest BCUT2D eigenvalue weighted by Gasteiger charge is 2.31. The van der Waals surface area contributed by atoms with Gasteiger partial charge in [0.25, 0.3) is 32.1 Å². The van der Waals surface area contributed by atoms with Crippen molar-refractivity contribution in [2.75, 3.05) is 10.6 Å². The average molecular weight is 404 g/mol. The van der Waals surface area contributed by atoms with Crippen molar-refractivity contribution in [1.29, 1.82) is 0 Å². The van der Waals surface area contributed by atoms with Crippen LogP contribution in [0.25, 0.3) is 0 Å². The number of carbonyl (C=O) groups is 2. The molecule has 142 valence electrons. The van der Waals surface area contributed by atoms with Crippen molar-refractivity contribution >= 4 is 43.4 Å². The molecule has 0 aromatic heterocycles. The first kappa shape index (κ1) is 21.5. The maximum atomic E-state index is 11.9. The highest BCUT2D eigenvalue weighted by Crippen LogP contribution is 2.36. The SMILES string of the molecule is C=C(C)C(=O)Nc1ccc(S(=O)(=O)O)c(S(=O)(=O)O)c1NC(=O)C(=C)C. The van der Waals surface area contributed by atoms with E-state index in [0.29, 0.717) is 6.07 Å². The second kappa shape index (κ2) is 7.37. The standard InChI is InChI=1S/C14H16N2O8S2/c1-7(2)13(17)15-9-5-6-10(25(19,20)21)12(26(22,23)24)11(9)16-14(18)8(3)4/h5-6H,1,3H2,2,4H3,(H,15,17)(H,16,18)(H,19,20,21)(H,22,23,24). The largest absolute Gasteiger partial charge is 0.320 e. The summed E-state index contributed by atoms with van der Waals surface area (Å²) in [4.78, 5) is 21.2. The zero-order valence-electron chi connectivity index (χ0n) is 13.7. The van der Waals surface area contributed by atoms with Crippen LogP contribution in [0.15, 0.2) is 46.2 Å². The van der Waals surface area contributed by atoms with Crippen molar-refractivity contribution in [3.8, 4) is 0 Å². The van der Waals surface area contributed by atoms with Crippen molar-refractivity contribution in [2.24, 2.45) is 0 Å². The molecule has 0 radical (unpaired) electrons. The number of amides is 2. The number of hydrogen-bond donors (Lipinski definition) is 4. The van der Waals surface area contributed by atoms with Crippen molar-refractivity contribution in [3.05, 3.63) is 36.4 Å². The maximum Gasteiger partial charge on any atom is 0.298 e. The van der Waals surface area contributed by atoms with Gasteiger partial charge in [-0.05, 0) is 26.0 Å². The summed E-state index contributed by atoms with van der Waals surface area (Å²) in [6.45, 7) is 9.34. The van der Waals surface area contributed by atoms with Gasteiger partial charge < -0.3 is 10.6 Å². The molecule has 1 rings (SSSR count). The molecule has 0 spiro atoms. The van der Waals surface area contributed by atoms with Crippen LogP contribution in [0.2, 0.25) is 0 Å². The van der Waals surface area contributed by atoms with Crippen molar-refractivity contribution in [1.82, 2.24) is 0 Å². The van der Waals surface area contributed by atoms with Gasteiger partial charge in [0.1, 0.15) is 9.79 Å².